The average Bonchev–Trinajstić information content (AvgIpc) is 2.78. The molecule has 0 saturated carbocycles. The number of likely N-dealkylation sites (tertiary alicyclic amines) is 1. The second kappa shape index (κ2) is 5.97. The molecule has 1 unspecified atom stereocenters. The first-order valence-electron chi connectivity index (χ1n) is 6.21. The van der Waals surface area contributed by atoms with Gasteiger partial charge in [0.25, 0.3) is 0 Å². The SMILES string of the molecule is O=C(O)c1cc(CN2CCCC(CCO)C2)on1. The summed E-state index contributed by atoms with van der Waals surface area (Å²) >= 11 is 0. The Morgan fingerprint density at radius 1 is 1.61 bits per heavy atom. The number of aromatic nitrogens is 1. The minimum atomic E-state index is -1.07. The van der Waals surface area contributed by atoms with Gasteiger partial charge in [0.2, 0.25) is 0 Å². The van der Waals surface area contributed by atoms with Crippen molar-refractivity contribution in [3.05, 3.63) is 17.5 Å². The minimum Gasteiger partial charge on any atom is -0.476 e. The van der Waals surface area contributed by atoms with Crippen LogP contribution >= 0.6 is 0 Å². The van der Waals surface area contributed by atoms with Gasteiger partial charge in [0.15, 0.2) is 11.5 Å². The summed E-state index contributed by atoms with van der Waals surface area (Å²) in [5, 5.41) is 21.2. The quantitative estimate of drug-likeness (QED) is 0.814. The summed E-state index contributed by atoms with van der Waals surface area (Å²) in [6, 6.07) is 1.47. The zero-order chi connectivity index (χ0) is 13.0. The molecule has 1 saturated heterocycles. The molecule has 0 spiro atoms. The number of piperidine rings is 1. The summed E-state index contributed by atoms with van der Waals surface area (Å²) in [6.45, 7) is 2.71. The molecule has 2 N–H and O–H groups in total. The lowest BCUT2D eigenvalue weighted by Gasteiger charge is -2.31. The molecule has 1 aromatic heterocycles. The zero-order valence-electron chi connectivity index (χ0n) is 10.2. The number of carboxylic acid groups (broad SMARTS) is 1. The fraction of sp³-hybridized carbons (Fsp3) is 0.667. The first-order chi connectivity index (χ1) is 8.69. The van der Waals surface area contributed by atoms with E-state index < -0.39 is 5.97 Å². The second-order valence-electron chi connectivity index (χ2n) is 4.74. The lowest BCUT2D eigenvalue weighted by molar-refractivity contribution is 0.0685. The smallest absolute Gasteiger partial charge is 0.358 e. The summed E-state index contributed by atoms with van der Waals surface area (Å²) in [6.07, 6.45) is 3.08. The van der Waals surface area contributed by atoms with Gasteiger partial charge in [0.1, 0.15) is 0 Å². The first kappa shape index (κ1) is 13.0. The van der Waals surface area contributed by atoms with E-state index in [1.54, 1.807) is 0 Å². The van der Waals surface area contributed by atoms with Gasteiger partial charge in [0, 0.05) is 19.2 Å². The third-order valence-electron chi connectivity index (χ3n) is 3.30. The summed E-state index contributed by atoms with van der Waals surface area (Å²) in [7, 11) is 0. The van der Waals surface area contributed by atoms with Crippen molar-refractivity contribution >= 4 is 5.97 Å². The normalized spacial score (nSPS) is 21.1. The number of nitrogens with zero attached hydrogens (tertiary/aromatic N) is 2. The molecular formula is C12H18N2O4. The summed E-state index contributed by atoms with van der Waals surface area (Å²) < 4.78 is 5.00. The maximum Gasteiger partial charge on any atom is 0.358 e. The summed E-state index contributed by atoms with van der Waals surface area (Å²) in [5.41, 5.74) is -0.0473. The fourth-order valence-corrected chi connectivity index (χ4v) is 2.42. The van der Waals surface area contributed by atoms with Crippen molar-refractivity contribution < 1.29 is 19.5 Å². The molecule has 100 valence electrons. The van der Waals surface area contributed by atoms with Crippen molar-refractivity contribution in [3.63, 3.8) is 0 Å². The van der Waals surface area contributed by atoms with Crippen LogP contribution in [0, 0.1) is 5.92 Å². The van der Waals surface area contributed by atoms with Crippen LogP contribution in [0.5, 0.6) is 0 Å². The Labute approximate surface area is 105 Å². The highest BCUT2D eigenvalue weighted by molar-refractivity contribution is 5.85. The Balaban J connectivity index is 1.89. The standard InChI is InChI=1S/C12H18N2O4/c15-5-3-9-2-1-4-14(7-9)8-10-6-11(12(16)17)13-18-10/h6,9,15H,1-5,7-8H2,(H,16,17). The number of carbonyl (C=O) groups is 1. The molecule has 6 nitrogen and oxygen atoms in total. The monoisotopic (exact) mass is 254 g/mol. The van der Waals surface area contributed by atoms with Crippen molar-refractivity contribution in [2.75, 3.05) is 19.7 Å². The predicted molar refractivity (Wildman–Crippen MR) is 63.2 cm³/mol. The Morgan fingerprint density at radius 2 is 2.44 bits per heavy atom. The van der Waals surface area contributed by atoms with E-state index in [1.807, 2.05) is 0 Å². The van der Waals surface area contributed by atoms with E-state index in [1.165, 1.54) is 6.07 Å². The molecule has 18 heavy (non-hydrogen) atoms. The van der Waals surface area contributed by atoms with E-state index >= 15 is 0 Å². The number of hydrogen-bond donors (Lipinski definition) is 2. The molecule has 1 aliphatic rings. The van der Waals surface area contributed by atoms with Crippen LogP contribution in [0.15, 0.2) is 10.6 Å². The zero-order valence-corrected chi connectivity index (χ0v) is 10.2. The van der Waals surface area contributed by atoms with Gasteiger partial charge in [-0.05, 0) is 31.7 Å². The van der Waals surface area contributed by atoms with Crippen molar-refractivity contribution in [1.29, 1.82) is 0 Å². The van der Waals surface area contributed by atoms with Crippen LogP contribution in [0.3, 0.4) is 0 Å². The second-order valence-corrected chi connectivity index (χ2v) is 4.74. The third kappa shape index (κ3) is 3.30. The van der Waals surface area contributed by atoms with E-state index in [0.717, 1.165) is 32.4 Å². The van der Waals surface area contributed by atoms with Gasteiger partial charge in [-0.25, -0.2) is 4.79 Å². The van der Waals surface area contributed by atoms with Gasteiger partial charge in [-0.3, -0.25) is 4.90 Å². The number of aliphatic hydroxyl groups is 1. The highest BCUT2D eigenvalue weighted by Gasteiger charge is 2.21. The number of rotatable bonds is 5. The first-order valence-corrected chi connectivity index (χ1v) is 6.21. The molecule has 0 aliphatic carbocycles. The molecule has 2 heterocycles. The minimum absolute atomic E-state index is 0.0473. The highest BCUT2D eigenvalue weighted by Crippen LogP contribution is 2.21. The predicted octanol–water partition coefficient (Wildman–Crippen LogP) is 0.967. The molecule has 0 aromatic carbocycles. The summed E-state index contributed by atoms with van der Waals surface area (Å²) in [4.78, 5) is 12.9. The van der Waals surface area contributed by atoms with Gasteiger partial charge in [0.05, 0.1) is 6.54 Å². The molecule has 6 heteroatoms. The van der Waals surface area contributed by atoms with E-state index in [9.17, 15) is 4.79 Å². The number of aliphatic hydroxyl groups excluding tert-OH is 1. The van der Waals surface area contributed by atoms with Crippen molar-refractivity contribution in [1.82, 2.24) is 10.1 Å². The Hall–Kier alpha value is -1.40. The summed E-state index contributed by atoms with van der Waals surface area (Å²) in [5.74, 6) is 0.0319. The van der Waals surface area contributed by atoms with E-state index in [2.05, 4.69) is 10.1 Å². The van der Waals surface area contributed by atoms with Crippen molar-refractivity contribution in [3.8, 4) is 0 Å². The van der Waals surface area contributed by atoms with Gasteiger partial charge in [-0.1, -0.05) is 5.16 Å². The van der Waals surface area contributed by atoms with Crippen LogP contribution in [0.2, 0.25) is 0 Å². The molecule has 0 radical (unpaired) electrons. The van der Waals surface area contributed by atoms with Crippen LogP contribution < -0.4 is 0 Å². The Kier molecular flexibility index (Phi) is 4.33. The van der Waals surface area contributed by atoms with Crippen LogP contribution in [-0.2, 0) is 6.54 Å². The van der Waals surface area contributed by atoms with Gasteiger partial charge in [-0.2, -0.15) is 0 Å². The Bertz CT molecular complexity index is 403. The highest BCUT2D eigenvalue weighted by atomic mass is 16.5. The number of carboxylic acids is 1. The van der Waals surface area contributed by atoms with Gasteiger partial charge in [-0.15, -0.1) is 0 Å². The molecule has 1 atom stereocenters. The number of hydrogen-bond acceptors (Lipinski definition) is 5. The molecule has 1 fully saturated rings. The van der Waals surface area contributed by atoms with Crippen molar-refractivity contribution in [2.45, 2.75) is 25.8 Å². The largest absolute Gasteiger partial charge is 0.476 e. The van der Waals surface area contributed by atoms with Crippen LogP contribution in [-0.4, -0.2) is 45.9 Å². The van der Waals surface area contributed by atoms with E-state index in [-0.39, 0.29) is 12.3 Å². The van der Waals surface area contributed by atoms with Crippen LogP contribution in [0.4, 0.5) is 0 Å². The lowest BCUT2D eigenvalue weighted by atomic mass is 9.95. The third-order valence-corrected chi connectivity index (χ3v) is 3.30. The van der Waals surface area contributed by atoms with Gasteiger partial charge < -0.3 is 14.7 Å². The molecular weight excluding hydrogens is 236 g/mol. The molecule has 0 bridgehead atoms. The van der Waals surface area contributed by atoms with Crippen LogP contribution in [0.25, 0.3) is 0 Å². The fourth-order valence-electron chi connectivity index (χ4n) is 2.42. The molecule has 1 aromatic rings. The maximum absolute atomic E-state index is 10.7. The average molecular weight is 254 g/mol. The number of aromatic carboxylic acids is 1. The molecule has 0 amide bonds. The van der Waals surface area contributed by atoms with Crippen LogP contribution in [0.1, 0.15) is 35.5 Å². The molecule has 1 aliphatic heterocycles. The maximum atomic E-state index is 10.7. The topological polar surface area (TPSA) is 86.8 Å². The van der Waals surface area contributed by atoms with E-state index in [4.69, 9.17) is 14.7 Å². The van der Waals surface area contributed by atoms with Crippen molar-refractivity contribution in [2.24, 2.45) is 5.92 Å². The Morgan fingerprint density at radius 3 is 3.11 bits per heavy atom. The van der Waals surface area contributed by atoms with Gasteiger partial charge >= 0.3 is 5.97 Å². The van der Waals surface area contributed by atoms with E-state index in [0.29, 0.717) is 18.2 Å². The molecule has 2 rings (SSSR count). The lowest BCUT2D eigenvalue weighted by Crippen LogP contribution is -2.35.